The molecule has 0 aromatic carbocycles. The van der Waals surface area contributed by atoms with E-state index in [9.17, 15) is 4.79 Å². The first-order chi connectivity index (χ1) is 6.50. The van der Waals surface area contributed by atoms with Crippen LogP contribution in [-0.4, -0.2) is 38.4 Å². The van der Waals surface area contributed by atoms with Crippen LogP contribution in [0.2, 0.25) is 0 Å². The maximum Gasteiger partial charge on any atom is 0.366 e. The van der Waals surface area contributed by atoms with Gasteiger partial charge in [0.05, 0.1) is 6.54 Å². The van der Waals surface area contributed by atoms with Crippen molar-refractivity contribution >= 4 is 17.5 Å². The molecule has 0 saturated carbocycles. The summed E-state index contributed by atoms with van der Waals surface area (Å²) in [6, 6.07) is 0.395. The average molecular weight is 215 g/mol. The summed E-state index contributed by atoms with van der Waals surface area (Å²) in [5, 5.41) is 8.69. The van der Waals surface area contributed by atoms with Crippen molar-refractivity contribution in [3.05, 3.63) is 10.8 Å². The molecule has 0 fully saturated rings. The molecule has 1 N–H and O–H groups in total. The van der Waals surface area contributed by atoms with Crippen LogP contribution in [0, 0.1) is 0 Å². The van der Waals surface area contributed by atoms with Crippen molar-refractivity contribution in [2.24, 2.45) is 0 Å². The SMILES string of the molecule is CC(C)N(C)Cc1nsc(C(=O)O)n1. The standard InChI is InChI=1S/C8H13N3O2S/c1-5(2)11(3)4-6-9-7(8(12)13)14-10-6/h5H,4H2,1-3H3,(H,12,13). The Bertz CT molecular complexity index is 324. The molecule has 14 heavy (non-hydrogen) atoms. The Balaban J connectivity index is 2.64. The largest absolute Gasteiger partial charge is 0.476 e. The average Bonchev–Trinajstić information content (AvgIpc) is 2.52. The predicted octanol–water partition coefficient (Wildman–Crippen LogP) is 1.08. The maximum atomic E-state index is 10.5. The van der Waals surface area contributed by atoms with Gasteiger partial charge in [-0.1, -0.05) is 0 Å². The predicted molar refractivity (Wildman–Crippen MR) is 53.5 cm³/mol. The monoisotopic (exact) mass is 215 g/mol. The molecule has 0 spiro atoms. The van der Waals surface area contributed by atoms with Gasteiger partial charge in [-0.15, -0.1) is 0 Å². The van der Waals surface area contributed by atoms with E-state index in [-0.39, 0.29) is 5.01 Å². The van der Waals surface area contributed by atoms with Crippen LogP contribution >= 0.6 is 11.5 Å². The Labute approximate surface area is 86.6 Å². The van der Waals surface area contributed by atoms with Crippen molar-refractivity contribution in [3.63, 3.8) is 0 Å². The molecule has 0 bridgehead atoms. The minimum absolute atomic E-state index is 0.0529. The molecule has 6 heteroatoms. The number of carboxylic acid groups (broad SMARTS) is 1. The number of carboxylic acids is 1. The van der Waals surface area contributed by atoms with Gasteiger partial charge in [0, 0.05) is 6.04 Å². The number of aromatic nitrogens is 2. The molecular formula is C8H13N3O2S. The van der Waals surface area contributed by atoms with Crippen LogP contribution in [0.1, 0.15) is 29.5 Å². The fraction of sp³-hybridized carbons (Fsp3) is 0.625. The molecule has 78 valence electrons. The van der Waals surface area contributed by atoms with Gasteiger partial charge < -0.3 is 5.11 Å². The Morgan fingerprint density at radius 2 is 2.29 bits per heavy atom. The van der Waals surface area contributed by atoms with Gasteiger partial charge in [0.15, 0.2) is 5.82 Å². The van der Waals surface area contributed by atoms with Crippen molar-refractivity contribution in [3.8, 4) is 0 Å². The second-order valence-electron chi connectivity index (χ2n) is 3.33. The van der Waals surface area contributed by atoms with Gasteiger partial charge in [-0.2, -0.15) is 4.37 Å². The first-order valence-corrected chi connectivity index (χ1v) is 5.04. The highest BCUT2D eigenvalue weighted by Crippen LogP contribution is 2.07. The highest BCUT2D eigenvalue weighted by Gasteiger charge is 2.12. The Hall–Kier alpha value is -1.01. The van der Waals surface area contributed by atoms with Crippen molar-refractivity contribution in [1.82, 2.24) is 14.3 Å². The van der Waals surface area contributed by atoms with Crippen molar-refractivity contribution in [1.29, 1.82) is 0 Å². The molecule has 0 unspecified atom stereocenters. The maximum absolute atomic E-state index is 10.5. The zero-order valence-electron chi connectivity index (χ0n) is 8.39. The summed E-state index contributed by atoms with van der Waals surface area (Å²) in [6.07, 6.45) is 0. The van der Waals surface area contributed by atoms with Crippen molar-refractivity contribution in [2.45, 2.75) is 26.4 Å². The van der Waals surface area contributed by atoms with Crippen LogP contribution in [0.5, 0.6) is 0 Å². The third-order valence-electron chi connectivity index (χ3n) is 1.92. The quantitative estimate of drug-likeness (QED) is 0.814. The minimum atomic E-state index is -1.01. The second-order valence-corrected chi connectivity index (χ2v) is 4.08. The third-order valence-corrected chi connectivity index (χ3v) is 2.66. The van der Waals surface area contributed by atoms with Crippen molar-refractivity contribution in [2.75, 3.05) is 7.05 Å². The molecule has 0 atom stereocenters. The summed E-state index contributed by atoms with van der Waals surface area (Å²) >= 11 is 0.924. The van der Waals surface area contributed by atoms with E-state index in [4.69, 9.17) is 5.11 Å². The van der Waals surface area contributed by atoms with E-state index in [1.807, 2.05) is 11.9 Å². The first kappa shape index (κ1) is 11.1. The van der Waals surface area contributed by atoms with Crippen molar-refractivity contribution < 1.29 is 9.90 Å². The van der Waals surface area contributed by atoms with Crippen LogP contribution in [-0.2, 0) is 6.54 Å². The minimum Gasteiger partial charge on any atom is -0.476 e. The lowest BCUT2D eigenvalue weighted by Crippen LogP contribution is -2.26. The number of hydrogen-bond acceptors (Lipinski definition) is 5. The molecule has 1 aromatic heterocycles. The summed E-state index contributed by atoms with van der Waals surface area (Å²) in [4.78, 5) is 16.5. The van der Waals surface area contributed by atoms with Gasteiger partial charge in [-0.25, -0.2) is 9.78 Å². The normalized spacial score (nSPS) is 11.2. The summed E-state index contributed by atoms with van der Waals surface area (Å²) in [5.41, 5.74) is 0. The highest BCUT2D eigenvalue weighted by atomic mass is 32.1. The Morgan fingerprint density at radius 3 is 2.71 bits per heavy atom. The molecule has 0 aliphatic heterocycles. The van der Waals surface area contributed by atoms with Crippen LogP contribution in [0.3, 0.4) is 0 Å². The van der Waals surface area contributed by atoms with Gasteiger partial charge in [0.25, 0.3) is 0 Å². The second kappa shape index (κ2) is 4.47. The van der Waals surface area contributed by atoms with E-state index in [0.29, 0.717) is 18.4 Å². The summed E-state index contributed by atoms with van der Waals surface area (Å²) in [6.45, 7) is 4.70. The van der Waals surface area contributed by atoms with E-state index in [2.05, 4.69) is 23.2 Å². The molecule has 0 aliphatic carbocycles. The number of hydrogen-bond donors (Lipinski definition) is 1. The summed E-state index contributed by atoms with van der Waals surface area (Å²) in [7, 11) is 1.95. The molecule has 0 radical (unpaired) electrons. The van der Waals surface area contributed by atoms with E-state index in [1.165, 1.54) is 0 Å². The summed E-state index contributed by atoms with van der Waals surface area (Å²) < 4.78 is 3.97. The van der Waals surface area contributed by atoms with E-state index in [1.54, 1.807) is 0 Å². The molecule has 0 aliphatic rings. The van der Waals surface area contributed by atoms with E-state index < -0.39 is 5.97 Å². The number of carbonyl (C=O) groups is 1. The lowest BCUT2D eigenvalue weighted by atomic mass is 10.3. The topological polar surface area (TPSA) is 66.3 Å². The van der Waals surface area contributed by atoms with Gasteiger partial charge in [-0.05, 0) is 32.4 Å². The zero-order valence-corrected chi connectivity index (χ0v) is 9.21. The fourth-order valence-corrected chi connectivity index (χ4v) is 1.33. The highest BCUT2D eigenvalue weighted by molar-refractivity contribution is 7.07. The van der Waals surface area contributed by atoms with Crippen LogP contribution < -0.4 is 0 Å². The van der Waals surface area contributed by atoms with Gasteiger partial charge in [-0.3, -0.25) is 4.90 Å². The van der Waals surface area contributed by atoms with Gasteiger partial charge in [0.2, 0.25) is 5.01 Å². The molecule has 0 amide bonds. The molecule has 1 aromatic rings. The van der Waals surface area contributed by atoms with E-state index in [0.717, 1.165) is 11.5 Å². The first-order valence-electron chi connectivity index (χ1n) is 4.27. The van der Waals surface area contributed by atoms with E-state index >= 15 is 0 Å². The summed E-state index contributed by atoms with van der Waals surface area (Å²) in [5.74, 6) is -0.440. The molecule has 0 saturated heterocycles. The lowest BCUT2D eigenvalue weighted by molar-refractivity contribution is 0.0696. The van der Waals surface area contributed by atoms with Gasteiger partial charge >= 0.3 is 5.97 Å². The molecular weight excluding hydrogens is 202 g/mol. The van der Waals surface area contributed by atoms with Crippen LogP contribution in [0.15, 0.2) is 0 Å². The zero-order chi connectivity index (χ0) is 10.7. The third kappa shape index (κ3) is 2.74. The number of aromatic carboxylic acids is 1. The molecule has 1 rings (SSSR count). The number of nitrogens with zero attached hydrogens (tertiary/aromatic N) is 3. The van der Waals surface area contributed by atoms with Crippen LogP contribution in [0.4, 0.5) is 0 Å². The lowest BCUT2D eigenvalue weighted by Gasteiger charge is -2.18. The fourth-order valence-electron chi connectivity index (χ4n) is 0.811. The van der Waals surface area contributed by atoms with Gasteiger partial charge in [0.1, 0.15) is 0 Å². The van der Waals surface area contributed by atoms with Crippen LogP contribution in [0.25, 0.3) is 0 Å². The Morgan fingerprint density at radius 1 is 1.64 bits per heavy atom. The molecule has 5 nitrogen and oxygen atoms in total. The Kier molecular flexibility index (Phi) is 3.54. The smallest absolute Gasteiger partial charge is 0.366 e. The molecule has 1 heterocycles. The number of rotatable bonds is 4.